The van der Waals surface area contributed by atoms with Gasteiger partial charge >= 0.3 is 6.09 Å². The van der Waals surface area contributed by atoms with E-state index in [4.69, 9.17) is 15.6 Å². The number of anilines is 1. The maximum atomic E-state index is 14.5. The first-order valence-corrected chi connectivity index (χ1v) is 7.44. The largest absolute Gasteiger partial charge is 0.508 e. The molecule has 1 heterocycles. The number of rotatable bonds is 4. The maximum Gasteiger partial charge on any atom is 0.414 e. The summed E-state index contributed by atoms with van der Waals surface area (Å²) in [6, 6.07) is 9.11. The van der Waals surface area contributed by atoms with Crippen LogP contribution in [0.4, 0.5) is 14.9 Å². The van der Waals surface area contributed by atoms with E-state index < -0.39 is 18.0 Å². The van der Waals surface area contributed by atoms with Crippen LogP contribution in [0.3, 0.4) is 0 Å². The number of halogens is 3. The molecule has 0 aromatic heterocycles. The summed E-state index contributed by atoms with van der Waals surface area (Å²) in [5.41, 5.74) is 7.22. The molecule has 1 saturated heterocycles. The Morgan fingerprint density at radius 1 is 1.23 bits per heavy atom. The van der Waals surface area contributed by atoms with E-state index in [2.05, 4.69) is 0 Å². The number of cyclic esters (lactones) is 1. The van der Waals surface area contributed by atoms with Crippen molar-refractivity contribution in [3.8, 4) is 16.9 Å². The Balaban J connectivity index is 0.00000169. The number of hydrogen-bond donors (Lipinski definition) is 3. The van der Waals surface area contributed by atoms with Gasteiger partial charge in [0, 0.05) is 17.7 Å². The van der Waals surface area contributed by atoms with Gasteiger partial charge in [-0.2, -0.15) is 0 Å². The molecule has 0 saturated carbocycles. The van der Waals surface area contributed by atoms with E-state index in [1.165, 1.54) is 23.1 Å². The van der Waals surface area contributed by atoms with Crippen LogP contribution in [0.1, 0.15) is 5.56 Å². The molecule has 1 atom stereocenters. The molecule has 3 rings (SSSR count). The van der Waals surface area contributed by atoms with Crippen molar-refractivity contribution in [2.24, 2.45) is 5.73 Å². The first kappa shape index (κ1) is 22.0. The van der Waals surface area contributed by atoms with Crippen molar-refractivity contribution in [2.45, 2.75) is 12.6 Å². The van der Waals surface area contributed by atoms with Gasteiger partial charge in [-0.3, -0.25) is 4.90 Å². The molecule has 0 spiro atoms. The number of carbonyl (C=O) groups is 1. The van der Waals surface area contributed by atoms with Crippen molar-refractivity contribution in [2.75, 3.05) is 18.1 Å². The summed E-state index contributed by atoms with van der Waals surface area (Å²) in [4.78, 5) is 13.0. The molecule has 2 aromatic carbocycles. The van der Waals surface area contributed by atoms with Gasteiger partial charge in [-0.05, 0) is 29.8 Å². The molecule has 0 radical (unpaired) electrons. The third-order valence-corrected chi connectivity index (χ3v) is 3.96. The summed E-state index contributed by atoms with van der Waals surface area (Å²) in [5.74, 6) is -0.528. The minimum atomic E-state index is -0.619. The number of aliphatic hydroxyl groups is 1. The van der Waals surface area contributed by atoms with Gasteiger partial charge < -0.3 is 20.7 Å². The van der Waals surface area contributed by atoms with Gasteiger partial charge in [-0.1, -0.05) is 12.1 Å². The molecular weight excluding hydrogens is 386 g/mol. The Hall–Kier alpha value is -2.06. The lowest BCUT2D eigenvalue weighted by Crippen LogP contribution is -2.25. The van der Waals surface area contributed by atoms with Gasteiger partial charge in [0.1, 0.15) is 17.7 Å². The maximum absolute atomic E-state index is 14.5. The van der Waals surface area contributed by atoms with Gasteiger partial charge in [-0.15, -0.1) is 24.8 Å². The summed E-state index contributed by atoms with van der Waals surface area (Å²) >= 11 is 0. The zero-order valence-electron chi connectivity index (χ0n) is 13.6. The number of aromatic hydroxyl groups is 1. The smallest absolute Gasteiger partial charge is 0.414 e. The van der Waals surface area contributed by atoms with Crippen LogP contribution in [0, 0.1) is 5.82 Å². The van der Waals surface area contributed by atoms with E-state index in [9.17, 15) is 14.3 Å². The highest BCUT2D eigenvalue weighted by molar-refractivity contribution is 5.90. The van der Waals surface area contributed by atoms with E-state index in [0.29, 0.717) is 22.4 Å². The number of aliphatic hydroxyl groups excluding tert-OH is 1. The molecule has 142 valence electrons. The topological polar surface area (TPSA) is 96.0 Å². The fourth-order valence-corrected chi connectivity index (χ4v) is 2.64. The Kier molecular flexibility index (Phi) is 7.65. The van der Waals surface area contributed by atoms with Gasteiger partial charge in [0.05, 0.1) is 18.8 Å². The number of phenols is 1. The number of benzene rings is 2. The van der Waals surface area contributed by atoms with E-state index >= 15 is 0 Å². The molecule has 1 aliphatic heterocycles. The van der Waals surface area contributed by atoms with Crippen molar-refractivity contribution in [3.05, 3.63) is 47.8 Å². The summed E-state index contributed by atoms with van der Waals surface area (Å²) in [7, 11) is 0. The van der Waals surface area contributed by atoms with Crippen molar-refractivity contribution in [3.63, 3.8) is 0 Å². The summed E-state index contributed by atoms with van der Waals surface area (Å²) < 4.78 is 19.4. The fourth-order valence-electron chi connectivity index (χ4n) is 2.64. The van der Waals surface area contributed by atoms with Crippen LogP contribution in [0.2, 0.25) is 0 Å². The molecule has 2 aromatic rings. The summed E-state index contributed by atoms with van der Waals surface area (Å²) in [6.07, 6.45) is -1.23. The predicted octanol–water partition coefficient (Wildman–Crippen LogP) is 2.82. The minimum absolute atomic E-state index is 0. The van der Waals surface area contributed by atoms with Crippen LogP contribution in [0.25, 0.3) is 11.1 Å². The molecule has 9 heteroatoms. The van der Waals surface area contributed by atoms with Gasteiger partial charge in [-0.25, -0.2) is 9.18 Å². The quantitative estimate of drug-likeness (QED) is 0.727. The van der Waals surface area contributed by atoms with Gasteiger partial charge in [0.15, 0.2) is 0 Å². The normalized spacial score (nSPS) is 15.9. The van der Waals surface area contributed by atoms with Crippen LogP contribution in [0.15, 0.2) is 36.4 Å². The molecule has 6 nitrogen and oxygen atoms in total. The average Bonchev–Trinajstić information content (AvgIpc) is 2.95. The second kappa shape index (κ2) is 9.05. The zero-order valence-corrected chi connectivity index (χ0v) is 15.2. The van der Waals surface area contributed by atoms with Crippen LogP contribution in [-0.4, -0.2) is 35.6 Å². The summed E-state index contributed by atoms with van der Waals surface area (Å²) in [5, 5.41) is 18.9. The highest BCUT2D eigenvalue weighted by atomic mass is 35.5. The minimum Gasteiger partial charge on any atom is -0.508 e. The Morgan fingerprint density at radius 3 is 2.50 bits per heavy atom. The van der Waals surface area contributed by atoms with Crippen LogP contribution >= 0.6 is 24.8 Å². The molecule has 1 amide bonds. The molecule has 4 N–H and O–H groups in total. The van der Waals surface area contributed by atoms with Crippen LogP contribution in [0.5, 0.6) is 5.75 Å². The number of nitrogens with two attached hydrogens (primary N) is 1. The van der Waals surface area contributed by atoms with Crippen molar-refractivity contribution in [1.29, 1.82) is 0 Å². The Morgan fingerprint density at radius 2 is 1.96 bits per heavy atom. The molecule has 0 aliphatic carbocycles. The number of amides is 1. The molecule has 1 fully saturated rings. The third kappa shape index (κ3) is 4.19. The second-order valence-electron chi connectivity index (χ2n) is 5.51. The van der Waals surface area contributed by atoms with E-state index in [-0.39, 0.29) is 50.3 Å². The lowest BCUT2D eigenvalue weighted by molar-refractivity contribution is 0.0963. The SMILES string of the molecule is Cl.Cl.NCc1ccc(-c2ccc(N3C[C@H](CO)OC3=O)cc2F)cc1O. The Bertz CT molecular complexity index is 791. The highest BCUT2D eigenvalue weighted by Gasteiger charge is 2.32. The van der Waals surface area contributed by atoms with E-state index in [1.54, 1.807) is 18.2 Å². The predicted molar refractivity (Wildman–Crippen MR) is 101 cm³/mol. The lowest BCUT2D eigenvalue weighted by atomic mass is 10.0. The number of phenolic OH excluding ortho intramolecular Hbond substituents is 1. The van der Waals surface area contributed by atoms with Crippen molar-refractivity contribution < 1.29 is 24.1 Å². The van der Waals surface area contributed by atoms with Crippen LogP contribution in [-0.2, 0) is 11.3 Å². The molecule has 1 aliphatic rings. The van der Waals surface area contributed by atoms with E-state index in [1.807, 2.05) is 0 Å². The first-order chi connectivity index (χ1) is 11.5. The molecule has 0 unspecified atom stereocenters. The monoisotopic (exact) mass is 404 g/mol. The molecular formula is C17H19Cl2FN2O4. The van der Waals surface area contributed by atoms with Gasteiger partial charge in [0.2, 0.25) is 0 Å². The van der Waals surface area contributed by atoms with Crippen LogP contribution < -0.4 is 10.6 Å². The third-order valence-electron chi connectivity index (χ3n) is 3.96. The fraction of sp³-hybridized carbons (Fsp3) is 0.235. The number of carbonyl (C=O) groups excluding carboxylic acids is 1. The summed E-state index contributed by atoms with van der Waals surface area (Å²) in [6.45, 7) is 0.0757. The number of ether oxygens (including phenoxy) is 1. The average molecular weight is 405 g/mol. The first-order valence-electron chi connectivity index (χ1n) is 7.44. The molecule has 26 heavy (non-hydrogen) atoms. The van der Waals surface area contributed by atoms with Crippen molar-refractivity contribution >= 4 is 36.6 Å². The van der Waals surface area contributed by atoms with Gasteiger partial charge in [0.25, 0.3) is 0 Å². The Labute approximate surface area is 162 Å². The number of nitrogens with zero attached hydrogens (tertiary/aromatic N) is 1. The lowest BCUT2D eigenvalue weighted by Gasteiger charge is -2.14. The zero-order chi connectivity index (χ0) is 17.3. The van der Waals surface area contributed by atoms with Crippen molar-refractivity contribution in [1.82, 2.24) is 0 Å². The standard InChI is InChI=1S/C17H17FN2O4.2ClH/c18-15-6-12(20-8-13(9-21)24-17(20)23)3-4-14(15)10-1-2-11(7-19)16(22)5-10;;/h1-6,13,21-22H,7-9,19H2;2*1H/t13-;;/m1../s1. The molecule has 0 bridgehead atoms. The van der Waals surface area contributed by atoms with E-state index in [0.717, 1.165) is 0 Å². The second-order valence-corrected chi connectivity index (χ2v) is 5.51. The number of hydrogen-bond acceptors (Lipinski definition) is 5. The highest BCUT2D eigenvalue weighted by Crippen LogP contribution is 2.31.